The molecule has 0 bridgehead atoms. The van der Waals surface area contributed by atoms with E-state index in [2.05, 4.69) is 0 Å². The van der Waals surface area contributed by atoms with Gasteiger partial charge in [-0.3, -0.25) is 0 Å². The molecule has 3 aliphatic rings. The molecule has 0 amide bonds. The highest BCUT2D eigenvalue weighted by atomic mass is 16.8. The standard InChI is InChI=1S/C8H12O6/c9-1-4-5-6(11-2-10-4)7-8(14-5)13-3-12-7/h4-9H,1-3H2. The van der Waals surface area contributed by atoms with Gasteiger partial charge in [-0.1, -0.05) is 0 Å². The van der Waals surface area contributed by atoms with Crippen molar-refractivity contribution in [3.63, 3.8) is 0 Å². The Hall–Kier alpha value is -0.240. The van der Waals surface area contributed by atoms with Gasteiger partial charge in [0.05, 0.1) is 6.61 Å². The lowest BCUT2D eigenvalue weighted by molar-refractivity contribution is -0.250. The first-order chi connectivity index (χ1) is 6.90. The Morgan fingerprint density at radius 1 is 0.929 bits per heavy atom. The SMILES string of the molecule is OCC1OCOC2C1OC1OCOC12. The van der Waals surface area contributed by atoms with Crippen LogP contribution >= 0.6 is 0 Å². The molecule has 3 rings (SSSR count). The van der Waals surface area contributed by atoms with Crippen LogP contribution in [0, 0.1) is 0 Å². The molecular formula is C8H12O6. The minimum Gasteiger partial charge on any atom is -0.394 e. The maximum Gasteiger partial charge on any atom is 0.189 e. The number of ether oxygens (including phenoxy) is 5. The van der Waals surface area contributed by atoms with Gasteiger partial charge in [0.1, 0.15) is 31.2 Å². The summed E-state index contributed by atoms with van der Waals surface area (Å²) in [4.78, 5) is 0. The molecule has 0 aromatic heterocycles. The summed E-state index contributed by atoms with van der Waals surface area (Å²) < 4.78 is 26.6. The number of fused-ring (bicyclic) bond motifs is 3. The molecule has 6 nitrogen and oxygen atoms in total. The zero-order valence-electron chi connectivity index (χ0n) is 7.50. The summed E-state index contributed by atoms with van der Waals surface area (Å²) in [6.07, 6.45) is -1.37. The predicted molar refractivity (Wildman–Crippen MR) is 41.2 cm³/mol. The van der Waals surface area contributed by atoms with Gasteiger partial charge in [0.15, 0.2) is 13.1 Å². The van der Waals surface area contributed by atoms with E-state index in [1.165, 1.54) is 0 Å². The molecule has 3 aliphatic heterocycles. The van der Waals surface area contributed by atoms with Gasteiger partial charge in [0.2, 0.25) is 0 Å². The molecule has 0 radical (unpaired) electrons. The van der Waals surface area contributed by atoms with Crippen LogP contribution in [0.2, 0.25) is 0 Å². The fourth-order valence-electron chi connectivity index (χ4n) is 2.09. The van der Waals surface area contributed by atoms with Crippen LogP contribution in [0.25, 0.3) is 0 Å². The second-order valence-corrected chi connectivity index (χ2v) is 3.52. The first-order valence-electron chi connectivity index (χ1n) is 4.63. The van der Waals surface area contributed by atoms with Gasteiger partial charge in [-0.15, -0.1) is 0 Å². The number of hydrogen-bond donors (Lipinski definition) is 1. The van der Waals surface area contributed by atoms with Crippen LogP contribution in [0.4, 0.5) is 0 Å². The third-order valence-corrected chi connectivity index (χ3v) is 2.79. The number of rotatable bonds is 1. The van der Waals surface area contributed by atoms with Gasteiger partial charge in [-0.2, -0.15) is 0 Å². The van der Waals surface area contributed by atoms with Gasteiger partial charge in [0, 0.05) is 0 Å². The van der Waals surface area contributed by atoms with Gasteiger partial charge in [-0.05, 0) is 0 Å². The zero-order chi connectivity index (χ0) is 9.54. The van der Waals surface area contributed by atoms with Crippen molar-refractivity contribution in [3.8, 4) is 0 Å². The summed E-state index contributed by atoms with van der Waals surface area (Å²) in [6.45, 7) is 0.332. The molecule has 0 aromatic carbocycles. The average molecular weight is 204 g/mol. The maximum absolute atomic E-state index is 9.06. The molecule has 0 aliphatic carbocycles. The third kappa shape index (κ3) is 1.19. The van der Waals surface area contributed by atoms with Gasteiger partial charge in [-0.25, -0.2) is 0 Å². The second-order valence-electron chi connectivity index (χ2n) is 3.52. The average Bonchev–Trinajstić information content (AvgIpc) is 2.76. The monoisotopic (exact) mass is 204 g/mol. The Kier molecular flexibility index (Phi) is 2.19. The van der Waals surface area contributed by atoms with Crippen LogP contribution in [0.15, 0.2) is 0 Å². The minimum atomic E-state index is -0.374. The molecule has 0 saturated carbocycles. The van der Waals surface area contributed by atoms with E-state index in [9.17, 15) is 0 Å². The van der Waals surface area contributed by atoms with E-state index in [0.717, 1.165) is 0 Å². The molecule has 3 saturated heterocycles. The first kappa shape index (κ1) is 9.02. The Morgan fingerprint density at radius 3 is 2.57 bits per heavy atom. The zero-order valence-corrected chi connectivity index (χ0v) is 7.50. The van der Waals surface area contributed by atoms with Crippen molar-refractivity contribution in [1.82, 2.24) is 0 Å². The topological polar surface area (TPSA) is 66.4 Å². The Morgan fingerprint density at radius 2 is 1.71 bits per heavy atom. The lowest BCUT2D eigenvalue weighted by Crippen LogP contribution is -2.49. The van der Waals surface area contributed by atoms with Crippen molar-refractivity contribution in [2.75, 3.05) is 20.2 Å². The van der Waals surface area contributed by atoms with E-state index < -0.39 is 0 Å². The molecule has 14 heavy (non-hydrogen) atoms. The largest absolute Gasteiger partial charge is 0.394 e. The highest BCUT2D eigenvalue weighted by Gasteiger charge is 2.54. The van der Waals surface area contributed by atoms with E-state index >= 15 is 0 Å². The van der Waals surface area contributed by atoms with Gasteiger partial charge >= 0.3 is 0 Å². The van der Waals surface area contributed by atoms with Crippen molar-refractivity contribution in [2.24, 2.45) is 0 Å². The van der Waals surface area contributed by atoms with Crippen LogP contribution in [-0.2, 0) is 23.7 Å². The summed E-state index contributed by atoms with van der Waals surface area (Å²) in [5.41, 5.74) is 0. The van der Waals surface area contributed by atoms with Gasteiger partial charge < -0.3 is 28.8 Å². The quantitative estimate of drug-likeness (QED) is 0.580. The normalized spacial score (nSPS) is 51.6. The van der Waals surface area contributed by atoms with Crippen LogP contribution in [0.5, 0.6) is 0 Å². The Labute approximate surface area is 80.6 Å². The van der Waals surface area contributed by atoms with Crippen LogP contribution in [0.3, 0.4) is 0 Å². The smallest absolute Gasteiger partial charge is 0.189 e. The van der Waals surface area contributed by atoms with Crippen molar-refractivity contribution < 1.29 is 28.8 Å². The summed E-state index contributed by atoms with van der Waals surface area (Å²) in [6, 6.07) is 0. The fourth-order valence-corrected chi connectivity index (χ4v) is 2.09. The fraction of sp³-hybridized carbons (Fsp3) is 1.00. The summed E-state index contributed by atoms with van der Waals surface area (Å²) in [5.74, 6) is 0. The lowest BCUT2D eigenvalue weighted by Gasteiger charge is -2.32. The van der Waals surface area contributed by atoms with Crippen molar-refractivity contribution >= 4 is 0 Å². The molecule has 0 aromatic rings. The Bertz CT molecular complexity index is 222. The molecule has 1 N–H and O–H groups in total. The molecular weight excluding hydrogens is 192 g/mol. The Balaban J connectivity index is 1.78. The van der Waals surface area contributed by atoms with Crippen molar-refractivity contribution in [3.05, 3.63) is 0 Å². The van der Waals surface area contributed by atoms with E-state index in [0.29, 0.717) is 0 Å². The van der Waals surface area contributed by atoms with E-state index in [-0.39, 0.29) is 50.9 Å². The van der Waals surface area contributed by atoms with Crippen LogP contribution in [0.1, 0.15) is 0 Å². The highest BCUT2D eigenvalue weighted by Crippen LogP contribution is 2.35. The van der Waals surface area contributed by atoms with Crippen LogP contribution in [-0.4, -0.2) is 56.0 Å². The van der Waals surface area contributed by atoms with E-state index in [1.807, 2.05) is 0 Å². The lowest BCUT2D eigenvalue weighted by atomic mass is 10.1. The third-order valence-electron chi connectivity index (χ3n) is 2.79. The first-order valence-corrected chi connectivity index (χ1v) is 4.63. The number of aliphatic hydroxyl groups excluding tert-OH is 1. The highest BCUT2D eigenvalue weighted by molar-refractivity contribution is 4.96. The summed E-state index contributed by atoms with van der Waals surface area (Å²) in [7, 11) is 0. The maximum atomic E-state index is 9.06. The number of hydrogen-bond acceptors (Lipinski definition) is 6. The predicted octanol–water partition coefficient (Wildman–Crippen LogP) is -1.18. The minimum absolute atomic E-state index is 0.0794. The van der Waals surface area contributed by atoms with E-state index in [1.54, 1.807) is 0 Å². The van der Waals surface area contributed by atoms with Gasteiger partial charge in [0.25, 0.3) is 0 Å². The molecule has 3 fully saturated rings. The molecule has 6 heteroatoms. The van der Waals surface area contributed by atoms with Crippen molar-refractivity contribution in [1.29, 1.82) is 0 Å². The molecule has 0 spiro atoms. The number of aliphatic hydroxyl groups is 1. The van der Waals surface area contributed by atoms with E-state index in [4.69, 9.17) is 28.8 Å². The summed E-state index contributed by atoms with van der Waals surface area (Å²) in [5, 5.41) is 9.06. The molecule has 5 atom stereocenters. The molecule has 3 heterocycles. The van der Waals surface area contributed by atoms with Crippen molar-refractivity contribution in [2.45, 2.75) is 30.7 Å². The summed E-state index contributed by atoms with van der Waals surface area (Å²) >= 11 is 0. The second kappa shape index (κ2) is 3.41. The molecule has 5 unspecified atom stereocenters. The van der Waals surface area contributed by atoms with Crippen LogP contribution < -0.4 is 0 Å². The molecule has 80 valence electrons.